The third-order valence-corrected chi connectivity index (χ3v) is 5.24. The summed E-state index contributed by atoms with van der Waals surface area (Å²) in [7, 11) is 1.65. The molecule has 0 bridgehead atoms. The predicted octanol–water partition coefficient (Wildman–Crippen LogP) is 2.51. The summed E-state index contributed by atoms with van der Waals surface area (Å²) in [6.07, 6.45) is 6.87. The van der Waals surface area contributed by atoms with Gasteiger partial charge >= 0.3 is 5.69 Å². The number of aliphatic imine (C=N–C) groups is 1. The summed E-state index contributed by atoms with van der Waals surface area (Å²) in [6.45, 7) is 4.06. The molecule has 156 valence electrons. The maximum Gasteiger partial charge on any atom is 0.328 e. The van der Waals surface area contributed by atoms with E-state index >= 15 is 0 Å². The van der Waals surface area contributed by atoms with Crippen LogP contribution in [-0.4, -0.2) is 48.9 Å². The average molecular weight is 419 g/mol. The number of halogens is 1. The molecule has 10 heteroatoms. The average Bonchev–Trinajstić information content (AvgIpc) is 3.33. The topological polar surface area (TPSA) is 103 Å². The molecule has 0 saturated carbocycles. The number of nitrogens with zero attached hydrogens (tertiary/aromatic N) is 6. The molecule has 9 nitrogen and oxygen atoms in total. The van der Waals surface area contributed by atoms with Crippen LogP contribution in [0.4, 0.5) is 4.39 Å². The third-order valence-electron chi connectivity index (χ3n) is 5.24. The van der Waals surface area contributed by atoms with Crippen molar-refractivity contribution in [3.05, 3.63) is 70.6 Å². The Labute approximate surface area is 175 Å². The summed E-state index contributed by atoms with van der Waals surface area (Å²) < 4.78 is 23.0. The molecule has 0 amide bonds. The van der Waals surface area contributed by atoms with Crippen LogP contribution in [0.15, 0.2) is 47.1 Å². The van der Waals surface area contributed by atoms with Gasteiger partial charge in [-0.05, 0) is 12.1 Å². The maximum absolute atomic E-state index is 14.3. The smallest absolute Gasteiger partial charge is 0.328 e. The number of ether oxygens (including phenoxy) is 1. The molecule has 1 aliphatic rings. The van der Waals surface area contributed by atoms with Crippen LogP contribution in [0, 0.1) is 5.82 Å². The lowest BCUT2D eigenvalue weighted by Crippen LogP contribution is -2.28. The van der Waals surface area contributed by atoms with Gasteiger partial charge in [-0.2, -0.15) is 4.98 Å². The standard InChI is InChI=1S/C21H18FN7O2/c1-3-14-17(10-23-2)28(11-25-14)20-24-9-15-19(27-20)29(21(30)26-15)16-7-8-31-18-12(16)5-4-6-13(18)22/h3-6,9-11,16H,1,7-8H2,2H3,(H,26,30)/t16-/m1/s1. The van der Waals surface area contributed by atoms with Crippen LogP contribution in [0.3, 0.4) is 0 Å². The van der Waals surface area contributed by atoms with Crippen LogP contribution >= 0.6 is 0 Å². The zero-order valence-corrected chi connectivity index (χ0v) is 16.6. The number of aromatic amines is 1. The lowest BCUT2D eigenvalue weighted by Gasteiger charge is -2.26. The van der Waals surface area contributed by atoms with E-state index in [1.165, 1.54) is 10.6 Å². The van der Waals surface area contributed by atoms with Crippen molar-refractivity contribution in [3.8, 4) is 11.7 Å². The van der Waals surface area contributed by atoms with E-state index in [1.54, 1.807) is 48.6 Å². The minimum atomic E-state index is -0.454. The maximum atomic E-state index is 14.3. The van der Waals surface area contributed by atoms with Crippen LogP contribution < -0.4 is 10.4 Å². The number of fused-ring (bicyclic) bond motifs is 2. The Morgan fingerprint density at radius 3 is 3.06 bits per heavy atom. The summed E-state index contributed by atoms with van der Waals surface area (Å²) in [5.41, 5.74) is 2.44. The fraction of sp³-hybridized carbons (Fsp3) is 0.190. The Balaban J connectivity index is 1.71. The Kier molecular flexibility index (Phi) is 4.46. The second kappa shape index (κ2) is 7.31. The first kappa shape index (κ1) is 18.9. The van der Waals surface area contributed by atoms with E-state index in [2.05, 4.69) is 31.5 Å². The van der Waals surface area contributed by atoms with Crippen molar-refractivity contribution in [2.24, 2.45) is 4.99 Å². The summed E-state index contributed by atoms with van der Waals surface area (Å²) in [4.78, 5) is 33.0. The number of benzene rings is 1. The van der Waals surface area contributed by atoms with E-state index in [0.29, 0.717) is 40.5 Å². The minimum Gasteiger partial charge on any atom is -0.490 e. The lowest BCUT2D eigenvalue weighted by molar-refractivity contribution is 0.244. The zero-order valence-electron chi connectivity index (χ0n) is 16.6. The monoisotopic (exact) mass is 419 g/mol. The Morgan fingerprint density at radius 2 is 2.26 bits per heavy atom. The molecule has 0 saturated heterocycles. The summed E-state index contributed by atoms with van der Waals surface area (Å²) >= 11 is 0. The van der Waals surface area contributed by atoms with Gasteiger partial charge in [0.1, 0.15) is 11.8 Å². The first-order chi connectivity index (χ1) is 15.1. The predicted molar refractivity (Wildman–Crippen MR) is 114 cm³/mol. The first-order valence-electron chi connectivity index (χ1n) is 9.63. The molecule has 0 unspecified atom stereocenters. The van der Waals surface area contributed by atoms with E-state index in [1.807, 2.05) is 0 Å². The number of nitrogens with one attached hydrogen (secondary N) is 1. The van der Waals surface area contributed by atoms with E-state index in [4.69, 9.17) is 4.74 Å². The van der Waals surface area contributed by atoms with Crippen LogP contribution in [-0.2, 0) is 0 Å². The van der Waals surface area contributed by atoms with Gasteiger partial charge in [0.05, 0.1) is 30.2 Å². The molecule has 31 heavy (non-hydrogen) atoms. The summed E-state index contributed by atoms with van der Waals surface area (Å²) in [5.74, 6) is 0.0347. The van der Waals surface area contributed by atoms with Crippen LogP contribution in [0.1, 0.15) is 29.4 Å². The lowest BCUT2D eigenvalue weighted by atomic mass is 10.00. The van der Waals surface area contributed by atoms with Crippen molar-refractivity contribution in [1.82, 2.24) is 29.1 Å². The molecule has 1 atom stereocenters. The highest BCUT2D eigenvalue weighted by atomic mass is 19.1. The van der Waals surface area contributed by atoms with Crippen LogP contribution in [0.25, 0.3) is 23.2 Å². The zero-order chi connectivity index (χ0) is 21.5. The van der Waals surface area contributed by atoms with Gasteiger partial charge < -0.3 is 9.72 Å². The molecular formula is C21H18FN7O2. The highest BCUT2D eigenvalue weighted by Gasteiger charge is 2.28. The normalized spacial score (nSPS) is 15.9. The molecular weight excluding hydrogens is 401 g/mol. The molecule has 0 spiro atoms. The number of H-pyrrole nitrogens is 1. The second-order valence-electron chi connectivity index (χ2n) is 7.00. The van der Waals surface area contributed by atoms with Crippen LogP contribution in [0.2, 0.25) is 0 Å². The SMILES string of the molecule is C=Cc1ncn(-c2ncc3[nH]c(=O)n([C@@H]4CCOc5c(F)cccc54)c3n2)c1C=NC. The van der Waals surface area contributed by atoms with Gasteiger partial charge in [0.25, 0.3) is 0 Å². The van der Waals surface area contributed by atoms with Gasteiger partial charge in [-0.15, -0.1) is 0 Å². The van der Waals surface area contributed by atoms with Gasteiger partial charge in [0.2, 0.25) is 5.95 Å². The molecule has 5 rings (SSSR count). The largest absolute Gasteiger partial charge is 0.490 e. The molecule has 1 aromatic carbocycles. The molecule has 0 radical (unpaired) electrons. The Hall–Kier alpha value is -4.08. The summed E-state index contributed by atoms with van der Waals surface area (Å²) in [5, 5.41) is 0. The van der Waals surface area contributed by atoms with Gasteiger partial charge in [-0.3, -0.25) is 14.1 Å². The van der Waals surface area contributed by atoms with Gasteiger partial charge in [-0.1, -0.05) is 18.7 Å². The first-order valence-corrected chi connectivity index (χ1v) is 9.63. The van der Waals surface area contributed by atoms with Crippen molar-refractivity contribution in [1.29, 1.82) is 0 Å². The van der Waals surface area contributed by atoms with Gasteiger partial charge in [0, 0.05) is 25.2 Å². The van der Waals surface area contributed by atoms with Crippen molar-refractivity contribution in [3.63, 3.8) is 0 Å². The minimum absolute atomic E-state index is 0.168. The number of para-hydroxylation sites is 1. The number of imidazole rings is 2. The number of hydrogen-bond donors (Lipinski definition) is 1. The Morgan fingerprint density at radius 1 is 1.39 bits per heavy atom. The van der Waals surface area contributed by atoms with Crippen molar-refractivity contribution in [2.45, 2.75) is 12.5 Å². The van der Waals surface area contributed by atoms with E-state index < -0.39 is 11.9 Å². The molecule has 0 aliphatic carbocycles. The van der Waals surface area contributed by atoms with Gasteiger partial charge in [0.15, 0.2) is 17.2 Å². The van der Waals surface area contributed by atoms with Crippen molar-refractivity contribution < 1.29 is 9.13 Å². The fourth-order valence-electron chi connectivity index (χ4n) is 3.89. The highest BCUT2D eigenvalue weighted by Crippen LogP contribution is 2.36. The third kappa shape index (κ3) is 2.95. The molecule has 0 fully saturated rings. The second-order valence-corrected chi connectivity index (χ2v) is 7.00. The molecule has 1 aliphatic heterocycles. The molecule has 3 aromatic heterocycles. The van der Waals surface area contributed by atoms with E-state index in [0.717, 1.165) is 0 Å². The van der Waals surface area contributed by atoms with Crippen molar-refractivity contribution in [2.75, 3.05) is 13.7 Å². The quantitative estimate of drug-likeness (QED) is 0.512. The summed E-state index contributed by atoms with van der Waals surface area (Å²) in [6, 6.07) is 4.28. The highest BCUT2D eigenvalue weighted by molar-refractivity contribution is 5.83. The molecule has 4 aromatic rings. The van der Waals surface area contributed by atoms with E-state index in [9.17, 15) is 9.18 Å². The van der Waals surface area contributed by atoms with Crippen LogP contribution in [0.5, 0.6) is 5.75 Å². The van der Waals surface area contributed by atoms with Crippen molar-refractivity contribution >= 4 is 23.5 Å². The number of aromatic nitrogens is 6. The molecule has 1 N–H and O–H groups in total. The number of hydrogen-bond acceptors (Lipinski definition) is 6. The number of rotatable bonds is 4. The van der Waals surface area contributed by atoms with Gasteiger partial charge in [-0.25, -0.2) is 19.2 Å². The Bertz CT molecular complexity index is 1400. The van der Waals surface area contributed by atoms with E-state index in [-0.39, 0.29) is 18.0 Å². The molecule has 4 heterocycles. The fourth-order valence-corrected chi connectivity index (χ4v) is 3.89.